The zero-order valence-corrected chi connectivity index (χ0v) is 13.1. The molecule has 0 saturated carbocycles. The highest BCUT2D eigenvalue weighted by Gasteiger charge is 2.21. The van der Waals surface area contributed by atoms with E-state index in [-0.39, 0.29) is 12.0 Å². The molecule has 1 unspecified atom stereocenters. The van der Waals surface area contributed by atoms with Crippen LogP contribution in [-0.2, 0) is 4.74 Å². The summed E-state index contributed by atoms with van der Waals surface area (Å²) in [6.07, 6.45) is 2.20. The van der Waals surface area contributed by atoms with Crippen LogP contribution in [0.15, 0.2) is 40.8 Å². The molecule has 1 aromatic heterocycles. The lowest BCUT2D eigenvalue weighted by atomic mass is 10.1. The summed E-state index contributed by atoms with van der Waals surface area (Å²) in [7, 11) is 0. The van der Waals surface area contributed by atoms with Gasteiger partial charge in [0.2, 0.25) is 0 Å². The molecule has 0 spiro atoms. The van der Waals surface area contributed by atoms with E-state index in [2.05, 4.69) is 11.4 Å². The lowest BCUT2D eigenvalue weighted by Crippen LogP contribution is -2.31. The number of rotatable bonds is 3. The lowest BCUT2D eigenvalue weighted by molar-refractivity contribution is 0.0836. The average Bonchev–Trinajstić information content (AvgIpc) is 3.21. The van der Waals surface area contributed by atoms with Crippen molar-refractivity contribution in [1.82, 2.24) is 5.32 Å². The maximum absolute atomic E-state index is 12.5. The number of nitrogens with one attached hydrogen (secondary N) is 1. The van der Waals surface area contributed by atoms with Gasteiger partial charge in [-0.25, -0.2) is 0 Å². The Morgan fingerprint density at radius 1 is 1.22 bits per heavy atom. The average molecular weight is 309 g/mol. The van der Waals surface area contributed by atoms with Crippen molar-refractivity contribution in [2.75, 3.05) is 13.2 Å². The van der Waals surface area contributed by atoms with Gasteiger partial charge in [0, 0.05) is 29.5 Å². The molecule has 118 valence electrons. The van der Waals surface area contributed by atoms with Crippen molar-refractivity contribution >= 4 is 27.6 Å². The Hall–Kier alpha value is -2.33. The second-order valence-electron chi connectivity index (χ2n) is 6.06. The highest BCUT2D eigenvalue weighted by atomic mass is 16.5. The van der Waals surface area contributed by atoms with E-state index in [0.717, 1.165) is 46.8 Å². The SMILES string of the molecule is Cc1c(C(=O)NCC2CCCO2)oc2c1ccc1ccccc12. The first kappa shape index (κ1) is 14.3. The van der Waals surface area contributed by atoms with E-state index in [0.29, 0.717) is 12.3 Å². The second kappa shape index (κ2) is 5.70. The number of benzene rings is 2. The van der Waals surface area contributed by atoms with Gasteiger partial charge < -0.3 is 14.5 Å². The number of fused-ring (bicyclic) bond motifs is 3. The predicted molar refractivity (Wildman–Crippen MR) is 89.8 cm³/mol. The minimum Gasteiger partial charge on any atom is -0.450 e. The molecule has 3 aromatic rings. The topological polar surface area (TPSA) is 51.5 Å². The van der Waals surface area contributed by atoms with Gasteiger partial charge in [-0.1, -0.05) is 36.4 Å². The second-order valence-corrected chi connectivity index (χ2v) is 6.06. The third-order valence-corrected chi connectivity index (χ3v) is 4.55. The van der Waals surface area contributed by atoms with Crippen molar-refractivity contribution in [2.24, 2.45) is 0 Å². The Kier molecular flexibility index (Phi) is 3.54. The first-order valence-electron chi connectivity index (χ1n) is 8.04. The summed E-state index contributed by atoms with van der Waals surface area (Å²) >= 11 is 0. The molecule has 0 radical (unpaired) electrons. The van der Waals surface area contributed by atoms with Crippen LogP contribution < -0.4 is 5.32 Å². The molecule has 1 saturated heterocycles. The third-order valence-electron chi connectivity index (χ3n) is 4.55. The summed E-state index contributed by atoms with van der Waals surface area (Å²) in [6.45, 7) is 3.26. The van der Waals surface area contributed by atoms with Crippen LogP contribution in [0, 0.1) is 6.92 Å². The Bertz CT molecular complexity index is 875. The molecular weight excluding hydrogens is 290 g/mol. The molecule has 1 aliphatic rings. The molecule has 4 nitrogen and oxygen atoms in total. The summed E-state index contributed by atoms with van der Waals surface area (Å²) < 4.78 is 11.5. The van der Waals surface area contributed by atoms with Crippen molar-refractivity contribution in [3.8, 4) is 0 Å². The molecule has 23 heavy (non-hydrogen) atoms. The fourth-order valence-electron chi connectivity index (χ4n) is 3.26. The molecule has 1 atom stereocenters. The highest BCUT2D eigenvalue weighted by molar-refractivity contribution is 6.08. The molecule has 1 N–H and O–H groups in total. The van der Waals surface area contributed by atoms with Crippen LogP contribution >= 0.6 is 0 Å². The number of amides is 1. The van der Waals surface area contributed by atoms with Gasteiger partial charge in [-0.2, -0.15) is 0 Å². The van der Waals surface area contributed by atoms with Crippen molar-refractivity contribution in [3.63, 3.8) is 0 Å². The van der Waals surface area contributed by atoms with E-state index < -0.39 is 0 Å². The van der Waals surface area contributed by atoms with E-state index >= 15 is 0 Å². The molecule has 1 aliphatic heterocycles. The van der Waals surface area contributed by atoms with Gasteiger partial charge in [0.1, 0.15) is 5.58 Å². The van der Waals surface area contributed by atoms with Crippen molar-refractivity contribution in [1.29, 1.82) is 0 Å². The predicted octanol–water partition coefficient (Wildman–Crippen LogP) is 3.80. The number of carbonyl (C=O) groups is 1. The number of aryl methyl sites for hydroxylation is 1. The van der Waals surface area contributed by atoms with Crippen LogP contribution in [0.5, 0.6) is 0 Å². The Labute approximate surface area is 134 Å². The van der Waals surface area contributed by atoms with E-state index in [1.54, 1.807) is 0 Å². The molecule has 2 aromatic carbocycles. The molecule has 2 heterocycles. The lowest BCUT2D eigenvalue weighted by Gasteiger charge is -2.09. The minimum absolute atomic E-state index is 0.129. The van der Waals surface area contributed by atoms with Crippen molar-refractivity contribution < 1.29 is 13.9 Å². The van der Waals surface area contributed by atoms with Crippen LogP contribution in [0.2, 0.25) is 0 Å². The first-order valence-corrected chi connectivity index (χ1v) is 8.04. The van der Waals surface area contributed by atoms with Crippen molar-refractivity contribution in [2.45, 2.75) is 25.9 Å². The number of carbonyl (C=O) groups excluding carboxylic acids is 1. The summed E-state index contributed by atoms with van der Waals surface area (Å²) in [4.78, 5) is 12.5. The maximum atomic E-state index is 12.5. The largest absolute Gasteiger partial charge is 0.450 e. The standard InChI is InChI=1S/C19H19NO3/c1-12-15-9-8-13-5-2-3-7-16(13)18(15)23-17(12)19(21)20-11-14-6-4-10-22-14/h2-3,5,7-9,14H,4,6,10-11H2,1H3,(H,20,21). The molecule has 4 rings (SSSR count). The third kappa shape index (κ3) is 2.49. The van der Waals surface area contributed by atoms with Gasteiger partial charge in [-0.15, -0.1) is 0 Å². The van der Waals surface area contributed by atoms with Crippen LogP contribution in [0.3, 0.4) is 0 Å². The highest BCUT2D eigenvalue weighted by Crippen LogP contribution is 2.31. The molecule has 0 bridgehead atoms. The fourth-order valence-corrected chi connectivity index (χ4v) is 3.26. The van der Waals surface area contributed by atoms with Gasteiger partial charge in [0.05, 0.1) is 6.10 Å². The Morgan fingerprint density at radius 2 is 2.09 bits per heavy atom. The molecule has 4 heteroatoms. The van der Waals surface area contributed by atoms with Crippen LogP contribution in [0.4, 0.5) is 0 Å². The summed E-state index contributed by atoms with van der Waals surface area (Å²) in [5, 5.41) is 6.07. The number of hydrogen-bond acceptors (Lipinski definition) is 3. The number of ether oxygens (including phenoxy) is 1. The van der Waals surface area contributed by atoms with Crippen molar-refractivity contribution in [3.05, 3.63) is 47.7 Å². The Balaban J connectivity index is 1.68. The maximum Gasteiger partial charge on any atom is 0.287 e. The van der Waals surface area contributed by atoms with E-state index in [9.17, 15) is 4.79 Å². The number of furan rings is 1. The monoisotopic (exact) mass is 309 g/mol. The van der Waals surface area contributed by atoms with Crippen LogP contribution in [0.25, 0.3) is 21.7 Å². The Morgan fingerprint density at radius 3 is 2.91 bits per heavy atom. The summed E-state index contributed by atoms with van der Waals surface area (Å²) in [6, 6.07) is 12.1. The van der Waals surface area contributed by atoms with E-state index in [1.807, 2.05) is 37.3 Å². The first-order chi connectivity index (χ1) is 11.2. The fraction of sp³-hybridized carbons (Fsp3) is 0.316. The molecule has 0 aliphatic carbocycles. The van der Waals surface area contributed by atoms with Crippen LogP contribution in [0.1, 0.15) is 29.0 Å². The van der Waals surface area contributed by atoms with Gasteiger partial charge in [-0.3, -0.25) is 4.79 Å². The number of hydrogen-bond donors (Lipinski definition) is 1. The van der Waals surface area contributed by atoms with Gasteiger partial charge in [0.15, 0.2) is 5.76 Å². The quantitative estimate of drug-likeness (QED) is 0.800. The smallest absolute Gasteiger partial charge is 0.287 e. The normalized spacial score (nSPS) is 17.9. The van der Waals surface area contributed by atoms with Gasteiger partial charge >= 0.3 is 0 Å². The summed E-state index contributed by atoms with van der Waals surface area (Å²) in [5.74, 6) is 0.229. The van der Waals surface area contributed by atoms with Gasteiger partial charge in [0.25, 0.3) is 5.91 Å². The molecular formula is C19H19NO3. The molecule has 1 fully saturated rings. The zero-order valence-electron chi connectivity index (χ0n) is 13.1. The van der Waals surface area contributed by atoms with E-state index in [4.69, 9.17) is 9.15 Å². The zero-order chi connectivity index (χ0) is 15.8. The van der Waals surface area contributed by atoms with E-state index in [1.165, 1.54) is 0 Å². The van der Waals surface area contributed by atoms with Crippen LogP contribution in [-0.4, -0.2) is 25.2 Å². The minimum atomic E-state index is -0.168. The van der Waals surface area contributed by atoms with Gasteiger partial charge in [-0.05, 0) is 25.2 Å². The molecule has 1 amide bonds. The summed E-state index contributed by atoms with van der Waals surface area (Å²) in [5.41, 5.74) is 1.67.